The minimum atomic E-state index is -2.54. The van der Waals surface area contributed by atoms with E-state index in [4.69, 9.17) is 29.1 Å². The monoisotopic (exact) mass is 851 g/mol. The van der Waals surface area contributed by atoms with Crippen LogP contribution in [-0.4, -0.2) is 109 Å². The molecule has 0 spiro atoms. The SMILES string of the molecule is [NH2+]=C1C=CC(CCOc2ccc(C3C=C(O)c4c(cc(O[C@@H]5O[C@H](C(=O)O)[C@](O)(CC6=NC=NC6)[C@@H](O)[C@H]5O)c(O[C@]56CCC[C@@H]5CCCc5c(O)cccc56)c4O)O3)cc2)=N1. The number of rotatable bonds is 12. The van der Waals surface area contributed by atoms with Gasteiger partial charge in [0.1, 0.15) is 64.4 Å². The van der Waals surface area contributed by atoms with Crippen molar-refractivity contribution >= 4 is 35.3 Å². The van der Waals surface area contributed by atoms with Crippen LogP contribution in [0.2, 0.25) is 0 Å². The normalized spacial score (nSPS) is 29.7. The van der Waals surface area contributed by atoms with Gasteiger partial charge in [-0.25, -0.2) is 9.79 Å². The predicted octanol–water partition coefficient (Wildman–Crippen LogP) is 2.99. The van der Waals surface area contributed by atoms with Crippen molar-refractivity contribution in [2.45, 2.75) is 93.3 Å². The van der Waals surface area contributed by atoms with E-state index in [0.29, 0.717) is 48.6 Å². The number of carbonyl (C=O) groups is 1. The van der Waals surface area contributed by atoms with Crippen LogP contribution in [0.3, 0.4) is 0 Å². The number of hydrogen-bond donors (Lipinski definition) is 8. The second kappa shape index (κ2) is 16.2. The fraction of sp³-hybridized carbons (Fsp3) is 0.400. The Labute approximate surface area is 355 Å². The maximum atomic E-state index is 12.7. The van der Waals surface area contributed by atoms with Gasteiger partial charge in [0, 0.05) is 53.8 Å². The molecule has 9 rings (SSSR count). The smallest absolute Gasteiger partial charge is 0.336 e. The van der Waals surface area contributed by atoms with Crippen LogP contribution in [0.15, 0.2) is 81.7 Å². The first-order valence-corrected chi connectivity index (χ1v) is 20.6. The van der Waals surface area contributed by atoms with Crippen LogP contribution >= 0.6 is 0 Å². The largest absolute Gasteiger partial charge is 0.508 e. The second-order valence-corrected chi connectivity index (χ2v) is 16.4. The summed E-state index contributed by atoms with van der Waals surface area (Å²) in [6.07, 6.45) is 1.32. The molecule has 2 fully saturated rings. The van der Waals surface area contributed by atoms with Gasteiger partial charge in [0.05, 0.1) is 13.2 Å². The number of aliphatic hydroxyl groups excluding tert-OH is 3. The van der Waals surface area contributed by atoms with Gasteiger partial charge in [-0.05, 0) is 73.4 Å². The van der Waals surface area contributed by atoms with Gasteiger partial charge in [0.15, 0.2) is 23.3 Å². The summed E-state index contributed by atoms with van der Waals surface area (Å²) in [5.74, 6) is -2.15. The van der Waals surface area contributed by atoms with Crippen LogP contribution in [0.25, 0.3) is 5.76 Å². The zero-order valence-corrected chi connectivity index (χ0v) is 33.5. The van der Waals surface area contributed by atoms with Crippen LogP contribution in [0.4, 0.5) is 0 Å². The number of carboxylic acids is 1. The van der Waals surface area contributed by atoms with E-state index in [1.54, 1.807) is 42.5 Å². The topological polar surface area (TPSA) is 268 Å². The summed E-state index contributed by atoms with van der Waals surface area (Å²) in [7, 11) is 0. The van der Waals surface area contributed by atoms with E-state index >= 15 is 0 Å². The maximum Gasteiger partial charge on any atom is 0.336 e. The molecule has 62 heavy (non-hydrogen) atoms. The lowest BCUT2D eigenvalue weighted by molar-refractivity contribution is -0.303. The molecule has 3 aromatic carbocycles. The Bertz CT molecular complexity index is 2450. The van der Waals surface area contributed by atoms with Gasteiger partial charge in [0.25, 0.3) is 0 Å². The van der Waals surface area contributed by atoms with Crippen LogP contribution < -0.4 is 24.4 Å². The number of nitrogens with zero attached hydrogens (tertiary/aromatic N) is 3. The van der Waals surface area contributed by atoms with Gasteiger partial charge in [-0.2, -0.15) is 0 Å². The molecule has 1 unspecified atom stereocenters. The molecule has 1 saturated heterocycles. The molecular formula is C45H47N4O13+. The third-order valence-electron chi connectivity index (χ3n) is 12.6. The van der Waals surface area contributed by atoms with Gasteiger partial charge in [-0.3, -0.25) is 10.4 Å². The average Bonchev–Trinajstić information content (AvgIpc) is 4.00. The molecule has 4 aliphatic heterocycles. The highest BCUT2D eigenvalue weighted by Gasteiger charge is 2.59. The minimum absolute atomic E-state index is 0.0557. The Morgan fingerprint density at radius 2 is 1.84 bits per heavy atom. The molecule has 0 bridgehead atoms. The summed E-state index contributed by atoms with van der Waals surface area (Å²) in [6.45, 7) is 0.415. The van der Waals surface area contributed by atoms with Gasteiger partial charge < -0.3 is 59.4 Å². The number of phenolic OH excluding ortho intramolecular Hbond substituents is 2. The molecule has 8 atom stereocenters. The second-order valence-electron chi connectivity index (χ2n) is 16.4. The Hall–Kier alpha value is -6.27. The molecule has 0 radical (unpaired) electrons. The van der Waals surface area contributed by atoms with E-state index in [1.807, 2.05) is 12.1 Å². The highest BCUT2D eigenvalue weighted by molar-refractivity contribution is 6.13. The minimum Gasteiger partial charge on any atom is -0.508 e. The number of amidine groups is 1. The standard InChI is InChI=1S/C45H46N4O13/c46-35-14-11-25(49-35)15-17-58-27-12-9-23(10-13-27)32-18-31(51)36-33(59-32)19-34(60-43-38(53)40(54)44(57,41(61-43)42(55)56)20-26-21-47-22-48-26)39(37(36)52)62-45-16-3-5-24(45)4-1-6-28-29(45)7-2-8-30(28)50/h2,7-14,18-19,22,24,32,38,40-41,43,46,50-54,57H,1,3-6,15-17,20-21H2,(H,55,56)/p+1/t24-,32?,38+,40-,41+,43+,44-,45+/m0/s1. The summed E-state index contributed by atoms with van der Waals surface area (Å²) in [5.41, 5.74) is -0.630. The quantitative estimate of drug-likeness (QED) is 0.130. The fourth-order valence-electron chi connectivity index (χ4n) is 9.55. The lowest BCUT2D eigenvalue weighted by Crippen LogP contribution is -2.69. The van der Waals surface area contributed by atoms with Crippen molar-refractivity contribution in [2.24, 2.45) is 20.9 Å². The maximum absolute atomic E-state index is 12.7. The van der Waals surface area contributed by atoms with E-state index in [-0.39, 0.29) is 52.5 Å². The molecule has 6 aliphatic rings. The average molecular weight is 852 g/mol. The highest BCUT2D eigenvalue weighted by Crippen LogP contribution is 2.58. The van der Waals surface area contributed by atoms with Crippen LogP contribution in [0.1, 0.15) is 73.3 Å². The number of allylic oxidation sites excluding steroid dienone is 1. The zero-order chi connectivity index (χ0) is 43.3. The van der Waals surface area contributed by atoms with Crippen molar-refractivity contribution in [3.05, 3.63) is 89.0 Å². The number of phenols is 2. The lowest BCUT2D eigenvalue weighted by Gasteiger charge is -2.46. The van der Waals surface area contributed by atoms with E-state index < -0.39 is 60.0 Å². The fourth-order valence-corrected chi connectivity index (χ4v) is 9.55. The summed E-state index contributed by atoms with van der Waals surface area (Å²) in [5, 5.41) is 85.3. The molecule has 9 N–H and O–H groups in total. The molecule has 17 nitrogen and oxygen atoms in total. The summed E-state index contributed by atoms with van der Waals surface area (Å²) in [4.78, 5) is 24.9. The van der Waals surface area contributed by atoms with Crippen molar-refractivity contribution in [3.63, 3.8) is 0 Å². The predicted molar refractivity (Wildman–Crippen MR) is 222 cm³/mol. The third-order valence-corrected chi connectivity index (χ3v) is 12.6. The number of hydrogen-bond acceptors (Lipinski definition) is 14. The highest BCUT2D eigenvalue weighted by atomic mass is 16.7. The molecule has 3 aromatic rings. The van der Waals surface area contributed by atoms with Gasteiger partial charge >= 0.3 is 11.8 Å². The van der Waals surface area contributed by atoms with E-state index in [1.165, 1.54) is 18.5 Å². The van der Waals surface area contributed by atoms with E-state index in [9.17, 15) is 40.5 Å². The molecule has 2 aliphatic carbocycles. The van der Waals surface area contributed by atoms with Crippen LogP contribution in [-0.2, 0) is 21.6 Å². The first-order chi connectivity index (χ1) is 29.8. The number of aromatic hydroxyl groups is 2. The number of carboxylic acid groups (broad SMARTS) is 1. The molecular weight excluding hydrogens is 805 g/mol. The number of aliphatic carboxylic acids is 1. The number of fused-ring (bicyclic) bond motifs is 4. The van der Waals surface area contributed by atoms with Crippen molar-refractivity contribution in [1.82, 2.24) is 0 Å². The molecule has 4 heterocycles. The Balaban J connectivity index is 1.07. The Morgan fingerprint density at radius 1 is 1.03 bits per heavy atom. The molecule has 1 saturated carbocycles. The van der Waals surface area contributed by atoms with Crippen molar-refractivity contribution in [1.29, 1.82) is 0 Å². The van der Waals surface area contributed by atoms with Crippen molar-refractivity contribution < 1.29 is 69.6 Å². The van der Waals surface area contributed by atoms with E-state index in [2.05, 4.69) is 15.0 Å². The number of ether oxygens (including phenoxy) is 5. The number of benzene rings is 3. The van der Waals surface area contributed by atoms with Crippen molar-refractivity contribution in [2.75, 3.05) is 13.2 Å². The molecule has 324 valence electrons. The zero-order valence-electron chi connectivity index (χ0n) is 33.5. The summed E-state index contributed by atoms with van der Waals surface area (Å²) < 4.78 is 31.3. The summed E-state index contributed by atoms with van der Waals surface area (Å²) in [6, 6.07) is 13.6. The lowest BCUT2D eigenvalue weighted by atomic mass is 9.80. The number of aliphatic imine (C=N–C) groups is 3. The van der Waals surface area contributed by atoms with Gasteiger partial charge in [-0.15, -0.1) is 0 Å². The number of nitrogens with two attached hydrogens (primary N) is 1. The summed E-state index contributed by atoms with van der Waals surface area (Å²) >= 11 is 0. The van der Waals surface area contributed by atoms with Gasteiger partial charge in [0.2, 0.25) is 12.0 Å². The van der Waals surface area contributed by atoms with Gasteiger partial charge in [-0.1, -0.05) is 24.3 Å². The first-order valence-electron chi connectivity index (χ1n) is 20.6. The Kier molecular flexibility index (Phi) is 10.7. The first kappa shape index (κ1) is 41.1. The number of aliphatic hydroxyl groups is 4. The molecule has 0 amide bonds. The van der Waals surface area contributed by atoms with Crippen LogP contribution in [0, 0.1) is 5.92 Å². The van der Waals surface area contributed by atoms with Crippen molar-refractivity contribution in [3.8, 4) is 34.5 Å². The van der Waals surface area contributed by atoms with Crippen LogP contribution in [0.5, 0.6) is 34.5 Å². The molecule has 17 heteroatoms. The third kappa shape index (κ3) is 7.33. The Morgan fingerprint density at radius 3 is 2.58 bits per heavy atom. The van der Waals surface area contributed by atoms with E-state index in [0.717, 1.165) is 37.0 Å². The molecule has 0 aromatic heterocycles.